The zero-order valence-electron chi connectivity index (χ0n) is 15.0. The van der Waals surface area contributed by atoms with E-state index < -0.39 is 11.4 Å². The number of anilines is 1. The Morgan fingerprint density at radius 1 is 0.962 bits per heavy atom. The van der Waals surface area contributed by atoms with E-state index in [0.29, 0.717) is 24.1 Å². The molecule has 6 nitrogen and oxygen atoms in total. The van der Waals surface area contributed by atoms with Crippen LogP contribution in [0.15, 0.2) is 24.3 Å². The van der Waals surface area contributed by atoms with Gasteiger partial charge in [-0.05, 0) is 49.9 Å². The van der Waals surface area contributed by atoms with E-state index in [1.54, 1.807) is 24.3 Å². The minimum Gasteiger partial charge on any atom is -0.481 e. The molecule has 2 fully saturated rings. The molecule has 26 heavy (non-hydrogen) atoms. The monoisotopic (exact) mass is 358 g/mol. The van der Waals surface area contributed by atoms with Gasteiger partial charge in [-0.3, -0.25) is 14.4 Å². The van der Waals surface area contributed by atoms with E-state index in [-0.39, 0.29) is 18.2 Å². The number of carboxylic acids is 1. The van der Waals surface area contributed by atoms with Gasteiger partial charge in [0.1, 0.15) is 0 Å². The van der Waals surface area contributed by atoms with Crippen LogP contribution in [0.25, 0.3) is 0 Å². The maximum atomic E-state index is 12.4. The minimum atomic E-state index is -0.937. The van der Waals surface area contributed by atoms with Gasteiger partial charge in [0.05, 0.1) is 5.41 Å². The highest BCUT2D eigenvalue weighted by molar-refractivity contribution is 5.97. The first-order chi connectivity index (χ1) is 12.5. The smallest absolute Gasteiger partial charge is 0.310 e. The Balaban J connectivity index is 1.60. The lowest BCUT2D eigenvalue weighted by Gasteiger charge is -2.32. The largest absolute Gasteiger partial charge is 0.481 e. The first kappa shape index (κ1) is 18.4. The molecule has 0 radical (unpaired) electrons. The third-order valence-corrected chi connectivity index (χ3v) is 5.57. The first-order valence-electron chi connectivity index (χ1n) is 9.43. The van der Waals surface area contributed by atoms with Crippen LogP contribution >= 0.6 is 0 Å². The molecule has 1 saturated carbocycles. The molecule has 6 heteroatoms. The van der Waals surface area contributed by atoms with Gasteiger partial charge < -0.3 is 15.3 Å². The van der Waals surface area contributed by atoms with Crippen LogP contribution < -0.4 is 5.32 Å². The fourth-order valence-corrected chi connectivity index (χ4v) is 4.01. The second-order valence-corrected chi connectivity index (χ2v) is 7.45. The van der Waals surface area contributed by atoms with E-state index in [9.17, 15) is 19.5 Å². The number of benzene rings is 1. The molecule has 2 amide bonds. The molecule has 0 atom stereocenters. The van der Waals surface area contributed by atoms with Crippen LogP contribution in [0.1, 0.15) is 61.7 Å². The fourth-order valence-electron chi connectivity index (χ4n) is 4.01. The lowest BCUT2D eigenvalue weighted by molar-refractivity contribution is -0.153. The number of rotatable bonds is 5. The molecule has 1 aliphatic carbocycles. The maximum Gasteiger partial charge on any atom is 0.310 e. The van der Waals surface area contributed by atoms with E-state index in [0.717, 1.165) is 45.2 Å². The Kier molecular flexibility index (Phi) is 5.59. The quantitative estimate of drug-likeness (QED) is 0.846. The van der Waals surface area contributed by atoms with Crippen molar-refractivity contribution in [2.75, 3.05) is 18.4 Å². The number of aliphatic carboxylic acids is 1. The molecule has 0 bridgehead atoms. The number of likely N-dealkylation sites (tertiary alicyclic amines) is 1. The molecular weight excluding hydrogens is 332 g/mol. The summed E-state index contributed by atoms with van der Waals surface area (Å²) < 4.78 is 0. The molecule has 2 N–H and O–H groups in total. The molecule has 3 rings (SSSR count). The van der Waals surface area contributed by atoms with E-state index in [1.807, 2.05) is 4.90 Å². The van der Waals surface area contributed by atoms with Crippen molar-refractivity contribution >= 4 is 23.5 Å². The maximum absolute atomic E-state index is 12.4. The number of nitrogens with zero attached hydrogens (tertiary/aromatic N) is 1. The van der Waals surface area contributed by atoms with Crippen LogP contribution in [0.5, 0.6) is 0 Å². The second kappa shape index (κ2) is 7.89. The van der Waals surface area contributed by atoms with Crippen LogP contribution in [0, 0.1) is 5.41 Å². The Morgan fingerprint density at radius 3 is 2.15 bits per heavy atom. The van der Waals surface area contributed by atoms with Gasteiger partial charge in [-0.1, -0.05) is 19.3 Å². The van der Waals surface area contributed by atoms with Gasteiger partial charge in [0.2, 0.25) is 5.91 Å². The zero-order chi connectivity index (χ0) is 18.6. The van der Waals surface area contributed by atoms with Crippen molar-refractivity contribution in [2.45, 2.75) is 51.4 Å². The Bertz CT molecular complexity index is 672. The highest BCUT2D eigenvalue weighted by atomic mass is 16.4. The van der Waals surface area contributed by atoms with Crippen LogP contribution in [0.2, 0.25) is 0 Å². The van der Waals surface area contributed by atoms with Crippen molar-refractivity contribution in [1.82, 2.24) is 4.90 Å². The molecule has 1 aromatic carbocycles. The number of carboxylic acid groups (broad SMARTS) is 1. The van der Waals surface area contributed by atoms with E-state index in [1.165, 1.54) is 0 Å². The minimum absolute atomic E-state index is 0.00318. The van der Waals surface area contributed by atoms with Crippen molar-refractivity contribution in [3.63, 3.8) is 0 Å². The number of nitrogens with one attached hydrogen (secondary N) is 1. The summed E-state index contributed by atoms with van der Waals surface area (Å²) in [6.45, 7) is 1.60. The van der Waals surface area contributed by atoms with Gasteiger partial charge in [-0.15, -0.1) is 0 Å². The normalized spacial score (nSPS) is 19.2. The molecule has 140 valence electrons. The summed E-state index contributed by atoms with van der Waals surface area (Å²) in [6, 6.07) is 6.83. The van der Waals surface area contributed by atoms with Gasteiger partial charge in [0.25, 0.3) is 5.91 Å². The number of hydrogen-bond acceptors (Lipinski definition) is 3. The Labute approximate surface area is 153 Å². The SMILES string of the molecule is O=C(CC1(C(=O)O)CCCCC1)Nc1ccc(C(=O)N2CCCC2)cc1. The summed E-state index contributed by atoms with van der Waals surface area (Å²) in [5, 5.41) is 12.4. The molecule has 1 aliphatic heterocycles. The summed E-state index contributed by atoms with van der Waals surface area (Å²) in [4.78, 5) is 38.2. The van der Waals surface area contributed by atoms with E-state index in [2.05, 4.69) is 5.32 Å². The van der Waals surface area contributed by atoms with Gasteiger partial charge >= 0.3 is 5.97 Å². The summed E-state index contributed by atoms with van der Waals surface area (Å²) >= 11 is 0. The summed E-state index contributed by atoms with van der Waals surface area (Å²) in [7, 11) is 0. The molecule has 0 unspecified atom stereocenters. The predicted molar refractivity (Wildman–Crippen MR) is 98.0 cm³/mol. The van der Waals surface area contributed by atoms with Crippen molar-refractivity contribution < 1.29 is 19.5 Å². The van der Waals surface area contributed by atoms with Gasteiger partial charge in [-0.25, -0.2) is 0 Å². The highest BCUT2D eigenvalue weighted by Gasteiger charge is 2.41. The van der Waals surface area contributed by atoms with Crippen LogP contribution in [-0.4, -0.2) is 40.9 Å². The zero-order valence-corrected chi connectivity index (χ0v) is 15.0. The average Bonchev–Trinajstić information content (AvgIpc) is 3.17. The standard InChI is InChI=1S/C20H26N2O4/c23-17(14-20(19(25)26)10-2-1-3-11-20)21-16-8-6-15(7-9-16)18(24)22-12-4-5-13-22/h6-9H,1-5,10-14H2,(H,21,23)(H,25,26). The summed E-state index contributed by atoms with van der Waals surface area (Å²) in [5.41, 5.74) is 0.261. The molecule has 1 heterocycles. The van der Waals surface area contributed by atoms with Crippen molar-refractivity contribution in [1.29, 1.82) is 0 Å². The van der Waals surface area contributed by atoms with Crippen LogP contribution in [0.4, 0.5) is 5.69 Å². The topological polar surface area (TPSA) is 86.7 Å². The second-order valence-electron chi connectivity index (χ2n) is 7.45. The number of carbonyl (C=O) groups is 3. The van der Waals surface area contributed by atoms with Crippen molar-refractivity contribution in [3.05, 3.63) is 29.8 Å². The summed E-state index contributed by atoms with van der Waals surface area (Å²) in [6.07, 6.45) is 5.94. The molecule has 1 aromatic rings. The lowest BCUT2D eigenvalue weighted by atomic mass is 9.71. The number of hydrogen-bond donors (Lipinski definition) is 2. The van der Waals surface area contributed by atoms with Crippen LogP contribution in [0.3, 0.4) is 0 Å². The number of amides is 2. The van der Waals surface area contributed by atoms with Crippen LogP contribution in [-0.2, 0) is 9.59 Å². The third-order valence-electron chi connectivity index (χ3n) is 5.57. The van der Waals surface area contributed by atoms with Gasteiger partial charge in [0.15, 0.2) is 0 Å². The highest BCUT2D eigenvalue weighted by Crippen LogP contribution is 2.39. The summed E-state index contributed by atoms with van der Waals surface area (Å²) in [5.74, 6) is -1.14. The molecule has 1 saturated heterocycles. The van der Waals surface area contributed by atoms with Crippen molar-refractivity contribution in [2.24, 2.45) is 5.41 Å². The number of carbonyl (C=O) groups excluding carboxylic acids is 2. The molecular formula is C20H26N2O4. The van der Waals surface area contributed by atoms with E-state index >= 15 is 0 Å². The Hall–Kier alpha value is -2.37. The Morgan fingerprint density at radius 2 is 1.58 bits per heavy atom. The van der Waals surface area contributed by atoms with Crippen molar-refractivity contribution in [3.8, 4) is 0 Å². The van der Waals surface area contributed by atoms with Gasteiger partial charge in [0, 0.05) is 30.8 Å². The molecule has 0 aromatic heterocycles. The lowest BCUT2D eigenvalue weighted by Crippen LogP contribution is -2.37. The average molecular weight is 358 g/mol. The molecule has 0 spiro atoms. The first-order valence-corrected chi connectivity index (χ1v) is 9.43. The van der Waals surface area contributed by atoms with E-state index in [4.69, 9.17) is 0 Å². The predicted octanol–water partition coefficient (Wildman–Crippen LogP) is 3.29. The fraction of sp³-hybridized carbons (Fsp3) is 0.550. The third kappa shape index (κ3) is 4.06. The molecule has 2 aliphatic rings. The van der Waals surface area contributed by atoms with Gasteiger partial charge in [-0.2, -0.15) is 0 Å².